The fraction of sp³-hybridized carbons (Fsp3) is 0.500. The van der Waals surface area contributed by atoms with Crippen LogP contribution in [0, 0.1) is 11.3 Å². The van der Waals surface area contributed by atoms with E-state index >= 15 is 0 Å². The third kappa shape index (κ3) is 4.11. The van der Waals surface area contributed by atoms with Gasteiger partial charge >= 0.3 is 0 Å². The van der Waals surface area contributed by atoms with E-state index in [0.29, 0.717) is 13.0 Å². The Morgan fingerprint density at radius 1 is 1.17 bits per heavy atom. The van der Waals surface area contributed by atoms with Gasteiger partial charge in [-0.25, -0.2) is 0 Å². The molecule has 0 N–H and O–H groups in total. The van der Waals surface area contributed by atoms with Crippen molar-refractivity contribution in [3.63, 3.8) is 0 Å². The smallest absolute Gasteiger partial charge is 0.230 e. The molecule has 2 fully saturated rings. The first kappa shape index (κ1) is 20.1. The second kappa shape index (κ2) is 8.31. The lowest BCUT2D eigenvalue weighted by molar-refractivity contribution is -0.150. The fourth-order valence-corrected chi connectivity index (χ4v) is 5.49. The Bertz CT molecular complexity index is 873. The molecule has 154 valence electrons. The summed E-state index contributed by atoms with van der Waals surface area (Å²) < 4.78 is 0. The van der Waals surface area contributed by atoms with E-state index in [2.05, 4.69) is 41.8 Å². The average Bonchev–Trinajstić information content (AvgIpc) is 3.21. The van der Waals surface area contributed by atoms with Crippen molar-refractivity contribution in [2.24, 2.45) is 11.3 Å². The molecular formula is C24H30N2O2S. The van der Waals surface area contributed by atoms with Gasteiger partial charge in [0.05, 0.1) is 5.41 Å². The van der Waals surface area contributed by atoms with Crippen LogP contribution in [0.5, 0.6) is 0 Å². The van der Waals surface area contributed by atoms with Crippen LogP contribution in [0.2, 0.25) is 0 Å². The summed E-state index contributed by atoms with van der Waals surface area (Å²) in [5.41, 5.74) is 1.84. The molecule has 1 aliphatic carbocycles. The van der Waals surface area contributed by atoms with E-state index < -0.39 is 5.41 Å². The predicted octanol–water partition coefficient (Wildman–Crippen LogP) is 4.45. The second-order valence-electron chi connectivity index (χ2n) is 8.83. The molecule has 5 heteroatoms. The highest BCUT2D eigenvalue weighted by Crippen LogP contribution is 2.38. The lowest BCUT2D eigenvalue weighted by Gasteiger charge is -2.44. The van der Waals surface area contributed by atoms with Gasteiger partial charge in [0.25, 0.3) is 0 Å². The number of thiophene rings is 1. The molecule has 1 atom stereocenters. The molecule has 4 nitrogen and oxygen atoms in total. The largest absolute Gasteiger partial charge is 0.348 e. The SMILES string of the molecule is CN(C)C(=O)C1(Cc2cccc(-c3cccs3)c2)CCCN(C(=O)C2CCC2)C1. The lowest BCUT2D eigenvalue weighted by atomic mass is 9.73. The van der Waals surface area contributed by atoms with Gasteiger partial charge in [-0.2, -0.15) is 0 Å². The van der Waals surface area contributed by atoms with Crippen LogP contribution in [0.25, 0.3) is 10.4 Å². The number of carbonyl (C=O) groups excluding carboxylic acids is 2. The van der Waals surface area contributed by atoms with Crippen LogP contribution in [-0.2, 0) is 16.0 Å². The van der Waals surface area contributed by atoms with Gasteiger partial charge in [0.15, 0.2) is 0 Å². The average molecular weight is 411 g/mol. The van der Waals surface area contributed by atoms with E-state index in [0.717, 1.165) is 38.6 Å². The highest BCUT2D eigenvalue weighted by Gasteiger charge is 2.45. The Morgan fingerprint density at radius 3 is 2.66 bits per heavy atom. The van der Waals surface area contributed by atoms with Crippen molar-refractivity contribution in [1.29, 1.82) is 0 Å². The molecule has 29 heavy (non-hydrogen) atoms. The van der Waals surface area contributed by atoms with Gasteiger partial charge in [-0.3, -0.25) is 9.59 Å². The second-order valence-corrected chi connectivity index (χ2v) is 9.77. The topological polar surface area (TPSA) is 40.6 Å². The van der Waals surface area contributed by atoms with E-state index in [1.54, 1.807) is 16.2 Å². The third-order valence-electron chi connectivity index (χ3n) is 6.48. The van der Waals surface area contributed by atoms with Gasteiger partial charge in [-0.15, -0.1) is 11.3 Å². The molecule has 1 saturated heterocycles. The fourth-order valence-electron chi connectivity index (χ4n) is 4.77. The Labute approximate surface area is 177 Å². The number of likely N-dealkylation sites (tertiary alicyclic amines) is 1. The van der Waals surface area contributed by atoms with E-state index in [1.807, 2.05) is 19.0 Å². The summed E-state index contributed by atoms with van der Waals surface area (Å²) in [6.07, 6.45) is 5.57. The molecule has 0 spiro atoms. The van der Waals surface area contributed by atoms with E-state index in [4.69, 9.17) is 0 Å². The van der Waals surface area contributed by atoms with E-state index in [9.17, 15) is 9.59 Å². The Kier molecular flexibility index (Phi) is 5.77. The first-order chi connectivity index (χ1) is 14.0. The monoisotopic (exact) mass is 410 g/mol. The van der Waals surface area contributed by atoms with Crippen molar-refractivity contribution in [3.05, 3.63) is 47.3 Å². The van der Waals surface area contributed by atoms with Crippen LogP contribution in [0.1, 0.15) is 37.7 Å². The molecule has 2 aliphatic rings. The number of hydrogen-bond acceptors (Lipinski definition) is 3. The van der Waals surface area contributed by atoms with Crippen molar-refractivity contribution in [2.45, 2.75) is 38.5 Å². The summed E-state index contributed by atoms with van der Waals surface area (Å²) in [5, 5.41) is 2.09. The minimum Gasteiger partial charge on any atom is -0.348 e. The minimum absolute atomic E-state index is 0.144. The maximum atomic E-state index is 13.3. The van der Waals surface area contributed by atoms with E-state index in [-0.39, 0.29) is 17.7 Å². The summed E-state index contributed by atoms with van der Waals surface area (Å²) >= 11 is 1.73. The summed E-state index contributed by atoms with van der Waals surface area (Å²) in [5.74, 6) is 0.590. The number of benzene rings is 1. The zero-order valence-corrected chi connectivity index (χ0v) is 18.2. The first-order valence-corrected chi connectivity index (χ1v) is 11.5. The van der Waals surface area contributed by atoms with Gasteiger partial charge in [0.1, 0.15) is 0 Å². The van der Waals surface area contributed by atoms with Crippen LogP contribution in [-0.4, -0.2) is 48.8 Å². The Hall–Kier alpha value is -2.14. The van der Waals surface area contributed by atoms with Gasteiger partial charge in [0.2, 0.25) is 11.8 Å². The molecule has 2 amide bonds. The first-order valence-electron chi connectivity index (χ1n) is 10.6. The minimum atomic E-state index is -0.533. The van der Waals surface area contributed by atoms with Crippen molar-refractivity contribution < 1.29 is 9.59 Å². The number of nitrogens with zero attached hydrogens (tertiary/aromatic N) is 2. The summed E-state index contributed by atoms with van der Waals surface area (Å²) in [6.45, 7) is 1.33. The maximum absolute atomic E-state index is 13.3. The van der Waals surface area contributed by atoms with Crippen LogP contribution < -0.4 is 0 Å². The number of piperidine rings is 1. The third-order valence-corrected chi connectivity index (χ3v) is 7.40. The summed E-state index contributed by atoms with van der Waals surface area (Å²) in [4.78, 5) is 31.2. The Balaban J connectivity index is 1.61. The molecule has 1 aliphatic heterocycles. The van der Waals surface area contributed by atoms with Crippen molar-refractivity contribution in [2.75, 3.05) is 27.2 Å². The van der Waals surface area contributed by atoms with Crippen molar-refractivity contribution in [1.82, 2.24) is 9.80 Å². The van der Waals surface area contributed by atoms with Gasteiger partial charge < -0.3 is 9.80 Å². The zero-order chi connectivity index (χ0) is 20.4. The van der Waals surface area contributed by atoms with Crippen LogP contribution in [0.4, 0.5) is 0 Å². The molecule has 4 rings (SSSR count). The number of hydrogen-bond donors (Lipinski definition) is 0. The Morgan fingerprint density at radius 2 is 2.00 bits per heavy atom. The normalized spacial score (nSPS) is 22.2. The quantitative estimate of drug-likeness (QED) is 0.730. The molecule has 2 heterocycles. The summed E-state index contributed by atoms with van der Waals surface area (Å²) in [7, 11) is 3.66. The van der Waals surface area contributed by atoms with E-state index in [1.165, 1.54) is 16.0 Å². The van der Waals surface area contributed by atoms with Crippen LogP contribution >= 0.6 is 11.3 Å². The molecule has 1 aromatic carbocycles. The molecule has 1 saturated carbocycles. The van der Waals surface area contributed by atoms with Crippen LogP contribution in [0.15, 0.2) is 41.8 Å². The standard InChI is InChI=1S/C24H30N2O2S/c1-25(2)23(28)24(12-6-13-26(17-24)22(27)19-8-4-9-19)16-18-7-3-10-20(15-18)21-11-5-14-29-21/h3,5,7,10-11,14-15,19H,4,6,8-9,12-13,16-17H2,1-2H3. The van der Waals surface area contributed by atoms with Gasteiger partial charge in [-0.05, 0) is 54.7 Å². The highest BCUT2D eigenvalue weighted by atomic mass is 32.1. The van der Waals surface area contributed by atoms with Crippen molar-refractivity contribution >= 4 is 23.2 Å². The molecular weight excluding hydrogens is 380 g/mol. The molecule has 0 bridgehead atoms. The van der Waals surface area contributed by atoms with Crippen LogP contribution in [0.3, 0.4) is 0 Å². The predicted molar refractivity (Wildman–Crippen MR) is 118 cm³/mol. The molecule has 2 aromatic rings. The zero-order valence-electron chi connectivity index (χ0n) is 17.4. The van der Waals surface area contributed by atoms with Gasteiger partial charge in [0, 0.05) is 38.0 Å². The van der Waals surface area contributed by atoms with Gasteiger partial charge in [-0.1, -0.05) is 36.8 Å². The van der Waals surface area contributed by atoms with Crippen molar-refractivity contribution in [3.8, 4) is 10.4 Å². The molecule has 1 unspecified atom stereocenters. The number of carbonyl (C=O) groups is 2. The molecule has 0 radical (unpaired) electrons. The summed E-state index contributed by atoms with van der Waals surface area (Å²) in [6, 6.07) is 12.7. The highest BCUT2D eigenvalue weighted by molar-refractivity contribution is 7.13. The molecule has 1 aromatic heterocycles. The number of amides is 2. The number of rotatable bonds is 5. The maximum Gasteiger partial charge on any atom is 0.230 e. The lowest BCUT2D eigenvalue weighted by Crippen LogP contribution is -2.55.